The van der Waals surface area contributed by atoms with Crippen molar-refractivity contribution in [2.45, 2.75) is 85.4 Å². The van der Waals surface area contributed by atoms with Gasteiger partial charge in [0.1, 0.15) is 5.82 Å². The molecule has 0 N–H and O–H groups in total. The second kappa shape index (κ2) is 25.6. The number of hydrogen-bond donors (Lipinski definition) is 0. The number of para-hydroxylation sites is 1. The molecular weight excluding hydrogens is 1360 g/mol. The quantitative estimate of drug-likeness (QED) is 0.0903. The van der Waals surface area contributed by atoms with Gasteiger partial charge in [-0.2, -0.15) is 18.2 Å². The molecule has 15 rings (SSSR count). The van der Waals surface area contributed by atoms with E-state index in [9.17, 15) is 12.3 Å². The number of nitrogens with zero attached hydrogens (tertiary/aromatic N) is 4. The Balaban J connectivity index is 0.0000123. The maximum atomic E-state index is 10.7. The van der Waals surface area contributed by atoms with E-state index >= 15 is 0 Å². The van der Waals surface area contributed by atoms with Gasteiger partial charge >= 0.3 is 0 Å². The molecule has 3 aromatic heterocycles. The van der Waals surface area contributed by atoms with Gasteiger partial charge in [0.15, 0.2) is 0 Å². The van der Waals surface area contributed by atoms with E-state index in [4.69, 9.17) is 33.0 Å². The molecule has 0 atom stereocenters. The minimum absolute atomic E-state index is 0. The molecule has 0 aliphatic carbocycles. The second-order valence-corrected chi connectivity index (χ2v) is 26.6. The van der Waals surface area contributed by atoms with Crippen LogP contribution in [0.15, 0.2) is 279 Å². The van der Waals surface area contributed by atoms with Crippen LogP contribution in [-0.2, 0) is 37.3 Å². The van der Waals surface area contributed by atoms with Crippen molar-refractivity contribution in [2.75, 3.05) is 0 Å². The van der Waals surface area contributed by atoms with Crippen LogP contribution in [0.1, 0.15) is 120 Å². The SMILES string of the molecule is [2H]c1c([2H])c([2H])c(-c2cc(-c3cccc(C(C)(C)C)c3)c(-[n+]3[c-]n(-c4[c-]c(Oc5[c-]c6c(cc5)c5ccccc5n6-c5cc(C([2H])([2H])[2H])c(-c6c([2H])c([2H])c([2H])c([2H])c6[2H])cn5)ccc4)c4cc(-c5cc(C(C)(C)C)cc(C(C)(C)C)c5)ccc43)c(-c3c([2H])c(-c4c([2H])c([2H])c([2H])c([2H])c4[2H])c([2H])c(-c4c([2H])c([2H])c([2H])c([2H])c4[2H])c3[2H])c2)c([2H])c1[2H].[Pt]. The van der Waals surface area contributed by atoms with E-state index in [1.165, 1.54) is 18.3 Å². The van der Waals surface area contributed by atoms with Gasteiger partial charge in [0.2, 0.25) is 0 Å². The second-order valence-electron chi connectivity index (χ2n) is 26.6. The van der Waals surface area contributed by atoms with Crippen LogP contribution in [0, 0.1) is 25.3 Å². The molecule has 0 spiro atoms. The molecule has 97 heavy (non-hydrogen) atoms. The summed E-state index contributed by atoms with van der Waals surface area (Å²) in [4.78, 5) is 4.74. The maximum Gasteiger partial charge on any atom is 0.268 e. The van der Waals surface area contributed by atoms with Crippen LogP contribution in [0.2, 0.25) is 0 Å². The molecule has 6 heteroatoms. The molecule has 15 aromatic rings. The third kappa shape index (κ3) is 12.6. The summed E-state index contributed by atoms with van der Waals surface area (Å²) < 4.78 is 250. The van der Waals surface area contributed by atoms with E-state index in [1.54, 1.807) is 74.4 Å². The number of benzene rings is 12. The molecule has 0 radical (unpaired) electrons. The molecule has 5 nitrogen and oxygen atoms in total. The molecule has 0 saturated heterocycles. The number of fused-ring (bicyclic) bond motifs is 4. The summed E-state index contributed by atoms with van der Waals surface area (Å²) in [6, 6.07) is 28.2. The first-order chi connectivity index (χ1) is 57.1. The monoisotopic (exact) mass is 1460 g/mol. The fraction of sp³-hybridized carbons (Fsp3) is 0.143. The number of ether oxygens (including phenoxy) is 1. The Labute approximate surface area is 621 Å². The summed E-state index contributed by atoms with van der Waals surface area (Å²) in [5, 5.41) is 1.35. The number of aryl methyl sites for hydroxylation is 1. The zero-order chi connectivity index (χ0) is 88.6. The molecule has 12 aromatic carbocycles. The fourth-order valence-corrected chi connectivity index (χ4v) is 11.9. The first-order valence-electron chi connectivity index (χ1n) is 44.2. The van der Waals surface area contributed by atoms with Gasteiger partial charge in [-0.25, -0.2) is 4.98 Å². The van der Waals surface area contributed by atoms with E-state index in [2.05, 4.69) is 78.2 Å². The Kier molecular flexibility index (Phi) is 10.6. The van der Waals surface area contributed by atoms with Gasteiger partial charge in [-0.05, 0) is 177 Å². The predicted molar refractivity (Wildman–Crippen MR) is 399 cm³/mol. The Hall–Kier alpha value is -10.5. The first kappa shape index (κ1) is 40.2. The number of hydrogen-bond acceptors (Lipinski definition) is 2. The summed E-state index contributed by atoms with van der Waals surface area (Å²) in [5.41, 5.74) is 0.537. The van der Waals surface area contributed by atoms with Crippen molar-refractivity contribution >= 4 is 32.8 Å². The molecule has 3 heterocycles. The maximum absolute atomic E-state index is 10.7. The average Bonchev–Trinajstić information content (AvgIpc) is 1.08. The summed E-state index contributed by atoms with van der Waals surface area (Å²) in [5.74, 6) is 0.311. The smallest absolute Gasteiger partial charge is 0.268 e. The predicted octanol–water partition coefficient (Wildman–Crippen LogP) is 23.5. The molecular formula is C91H76N4OPt-2. The van der Waals surface area contributed by atoms with E-state index in [0.29, 0.717) is 44.0 Å². The third-order valence-electron chi connectivity index (χ3n) is 17.0. The van der Waals surface area contributed by atoms with Crippen molar-refractivity contribution in [2.24, 2.45) is 0 Å². The topological polar surface area (TPSA) is 35.9 Å². The number of rotatable bonds is 12. The van der Waals surface area contributed by atoms with Crippen molar-refractivity contribution in [3.05, 3.63) is 319 Å². The van der Waals surface area contributed by atoms with Gasteiger partial charge in [0.05, 0.1) is 48.2 Å². The van der Waals surface area contributed by atoms with Gasteiger partial charge in [-0.1, -0.05) is 261 Å². The summed E-state index contributed by atoms with van der Waals surface area (Å²) in [6.45, 7) is 15.8. The third-order valence-corrected chi connectivity index (χ3v) is 17.0. The van der Waals surface area contributed by atoms with Crippen molar-refractivity contribution < 1.29 is 66.0 Å². The minimum Gasteiger partial charge on any atom is -0.510 e. The largest absolute Gasteiger partial charge is 0.510 e. The number of aromatic nitrogens is 4. The zero-order valence-electron chi connectivity index (χ0n) is 80.3. The Morgan fingerprint density at radius 1 is 0.433 bits per heavy atom. The molecule has 0 unspecified atom stereocenters. The van der Waals surface area contributed by atoms with Crippen molar-refractivity contribution in [3.63, 3.8) is 0 Å². The molecule has 478 valence electrons. The normalized spacial score (nSPS) is 15.8. The standard InChI is InChI=1S/C91H76N4O.Pt/c1-60-45-87(92-58-82(60)64-33-21-14-22-34-64)95-83-40-24-23-39-78(83)79-43-42-77(57-85(79)95)96-76-38-26-37-75(56-76)93-59-94(84-44-41-65(54-86(84)93)69-50-73(90(5,6)7)55-74(51-69)91(8,9)10)88-80(66-35-25-36-72(49-66)89(2,3)4)52-70(63-31-19-13-20-32-63)53-81(88)71-47-67(61-27-15-11-16-28-61)46-68(48-71)62-29-17-12-18-30-62;/h11-55,58H,1-10H3;/q-2;/i1D3,11D,12D,13D,14D,15D,16D,17D,18D,19D,20D,21D,22D,27D,28D,29D,30D,31D,32D,33D,34D,46D,47D,48D;. The van der Waals surface area contributed by atoms with Crippen LogP contribution in [0.4, 0.5) is 0 Å². The van der Waals surface area contributed by atoms with Gasteiger partial charge in [0.25, 0.3) is 6.33 Å². The summed E-state index contributed by atoms with van der Waals surface area (Å²) >= 11 is 0. The first-order valence-corrected chi connectivity index (χ1v) is 31.2. The van der Waals surface area contributed by atoms with Crippen LogP contribution in [0.3, 0.4) is 0 Å². The molecule has 0 aliphatic heterocycles. The Morgan fingerprint density at radius 2 is 0.990 bits per heavy atom. The van der Waals surface area contributed by atoms with E-state index in [-0.39, 0.29) is 99.5 Å². The molecule has 0 fully saturated rings. The molecule has 0 saturated carbocycles. The van der Waals surface area contributed by atoms with Gasteiger partial charge in [-0.15, -0.1) is 29.7 Å². The van der Waals surface area contributed by atoms with E-state index in [1.807, 2.05) is 63.2 Å². The fourth-order valence-electron chi connectivity index (χ4n) is 11.9. The summed E-state index contributed by atoms with van der Waals surface area (Å²) in [7, 11) is 0. The van der Waals surface area contributed by atoms with Crippen LogP contribution >= 0.6 is 0 Å². The van der Waals surface area contributed by atoms with Crippen molar-refractivity contribution in [1.29, 1.82) is 0 Å². The van der Waals surface area contributed by atoms with E-state index < -0.39 is 179 Å². The van der Waals surface area contributed by atoms with E-state index in [0.717, 1.165) is 22.3 Å². The Bertz CT molecular complexity index is 6790. The van der Waals surface area contributed by atoms with Crippen LogP contribution in [-0.4, -0.2) is 14.1 Å². The van der Waals surface area contributed by atoms with Crippen molar-refractivity contribution in [1.82, 2.24) is 14.1 Å². The molecule has 0 amide bonds. The average molecular weight is 1460 g/mol. The Morgan fingerprint density at radius 3 is 1.62 bits per heavy atom. The summed E-state index contributed by atoms with van der Waals surface area (Å²) in [6.07, 6.45) is 4.81. The van der Waals surface area contributed by atoms with Crippen LogP contribution in [0.5, 0.6) is 11.5 Å². The molecule has 0 aliphatic rings. The van der Waals surface area contributed by atoms with Gasteiger partial charge in [0, 0.05) is 54.0 Å². The minimum atomic E-state index is -2.91. The van der Waals surface area contributed by atoms with Crippen LogP contribution in [0.25, 0.3) is 128 Å². The van der Waals surface area contributed by atoms with Crippen molar-refractivity contribution in [3.8, 4) is 107 Å². The van der Waals surface area contributed by atoms with Gasteiger partial charge < -0.3 is 13.9 Å². The van der Waals surface area contributed by atoms with Gasteiger partial charge in [-0.3, -0.25) is 4.57 Å². The molecule has 0 bridgehead atoms. The number of pyridine rings is 1. The zero-order valence-corrected chi connectivity index (χ0v) is 56.6. The number of imidazole rings is 1. The van der Waals surface area contributed by atoms with Crippen LogP contribution < -0.4 is 9.30 Å².